The summed E-state index contributed by atoms with van der Waals surface area (Å²) in [6, 6.07) is 0. The molecule has 0 saturated carbocycles. The Morgan fingerprint density at radius 2 is 1.04 bits per heavy atom. The maximum atomic E-state index is 13.5. The molecule has 42 heteroatoms. The maximum Gasteiger partial charge on any atom is 1.00 e. The zero-order chi connectivity index (χ0) is 48.6. The van der Waals surface area contributed by atoms with Crippen LogP contribution in [0.2, 0.25) is 0 Å². The van der Waals surface area contributed by atoms with E-state index in [1.54, 1.807) is 0 Å². The fourth-order valence-corrected chi connectivity index (χ4v) is 10.1. The largest absolute Gasteiger partial charge is 1.00 e. The summed E-state index contributed by atoms with van der Waals surface area (Å²) in [4.78, 5) is 96.7. The van der Waals surface area contributed by atoms with E-state index in [2.05, 4.69) is 49.4 Å². The van der Waals surface area contributed by atoms with Gasteiger partial charge in [0.15, 0.2) is 52.8 Å². The molecular formula is C30H34N15Na4O20P3. The van der Waals surface area contributed by atoms with Crippen molar-refractivity contribution >= 4 is 74.5 Å². The van der Waals surface area contributed by atoms with Gasteiger partial charge >= 0.3 is 118 Å². The Bertz CT molecular complexity index is 3080. The minimum Gasteiger partial charge on any atom is -0.790 e. The molecule has 3 saturated heterocycles. The number of phosphoric ester groups is 3. The molecule has 2 unspecified atom stereocenters. The zero-order valence-electron chi connectivity index (χ0n) is 37.8. The first-order chi connectivity index (χ1) is 32.1. The molecule has 35 nitrogen and oxygen atoms in total. The van der Waals surface area contributed by atoms with Crippen molar-refractivity contribution in [3.05, 3.63) is 42.0 Å². The van der Waals surface area contributed by atoms with E-state index in [9.17, 15) is 58.5 Å². The molecule has 0 radical (unpaired) electrons. The van der Waals surface area contributed by atoms with Crippen LogP contribution >= 0.6 is 23.5 Å². The second-order valence-corrected chi connectivity index (χ2v) is 18.8. The van der Waals surface area contributed by atoms with Crippen LogP contribution in [-0.4, -0.2) is 154 Å². The fourth-order valence-electron chi connectivity index (χ4n) is 7.71. The van der Waals surface area contributed by atoms with Crippen molar-refractivity contribution in [2.24, 2.45) is 0 Å². The topological polar surface area (TPSA) is 527 Å². The zero-order valence-corrected chi connectivity index (χ0v) is 48.4. The smallest absolute Gasteiger partial charge is 0.790 e. The first-order valence-corrected chi connectivity index (χ1v) is 23.7. The van der Waals surface area contributed by atoms with Gasteiger partial charge in [-0.25, -0.2) is 34.9 Å². The molecule has 9 rings (SSSR count). The Hall–Kier alpha value is -1.10. The number of nitrogen functional groups attached to an aromatic ring is 3. The Kier molecular flexibility index (Phi) is 20.8. The van der Waals surface area contributed by atoms with Crippen LogP contribution in [0.15, 0.2) is 36.4 Å². The molecule has 3 aliphatic rings. The second-order valence-electron chi connectivity index (χ2n) is 14.9. The number of aliphatic hydroxyl groups is 4. The maximum absolute atomic E-state index is 13.5. The number of anilines is 3. The number of nitrogens with zero attached hydrogens (tertiary/aromatic N) is 11. The molecule has 3 aliphatic heterocycles. The quantitative estimate of drug-likeness (QED) is 0.0329. The molecule has 72 heavy (non-hydrogen) atoms. The summed E-state index contributed by atoms with van der Waals surface area (Å²) >= 11 is 0. The number of aromatic amines is 1. The summed E-state index contributed by atoms with van der Waals surface area (Å²) in [5, 5.41) is 43.8. The number of phosphoric acid groups is 3. The predicted molar refractivity (Wildman–Crippen MR) is 208 cm³/mol. The third-order valence-corrected chi connectivity index (χ3v) is 13.1. The van der Waals surface area contributed by atoms with Gasteiger partial charge in [0.25, 0.3) is 21.2 Å². The van der Waals surface area contributed by atoms with Crippen LogP contribution in [0.1, 0.15) is 18.7 Å². The van der Waals surface area contributed by atoms with Gasteiger partial charge in [0.05, 0.1) is 46.6 Å². The van der Waals surface area contributed by atoms with Crippen LogP contribution in [0.25, 0.3) is 33.5 Å². The van der Waals surface area contributed by atoms with Gasteiger partial charge < -0.3 is 98.6 Å². The molecule has 3 fully saturated rings. The van der Waals surface area contributed by atoms with E-state index >= 15 is 0 Å². The van der Waals surface area contributed by atoms with E-state index in [0.717, 1.165) is 40.8 Å². The standard InChI is InChI=1S/C30H38N15O20P3.4Na/c31-21-12-23(36-4-34-21)43(6-38-12)27-16(48)18(9(1-46)60-27)64-68(56,57)59-3-11-19(17(49)28(62-11)45-8-40-14-25(45)41-30(33)42-26(14)50)65-67(54,55)58-2-10-15(47)20(63-66(51,52)53)29(61-10)44-7-39-13-22(32)35-5-37-24(13)44;;;;/h4-11,15-20,27-29,46-49H,1-3H2,(H,54,55)(H,56,57)(H2,31,34,36)(H2,32,35,37)(H2,51,52,53)(H3,33,41,42,50);;;;/q;4*+1/p-4/t9-,10-,11-,15-,16-,17-,18-,19-,20-,27-,28-,29-;;;;/m1..../s1. The van der Waals surface area contributed by atoms with Crippen molar-refractivity contribution in [3.63, 3.8) is 0 Å². The second kappa shape index (κ2) is 24.3. The van der Waals surface area contributed by atoms with E-state index in [0.29, 0.717) is 0 Å². The SMILES string of the molecule is Nc1nc2c(ncn2[C@@H]2O[C@H](COP(=O)([O-])O[C@H]3[C@@H](O)[C@H](n4cnc5c(N)ncnc54)O[C@@H]3CO)[C@@H](OP(=O)([O-])OC[C@H]3O[C@@H](n4cnc5c(N)ncnc54)[C@H](OP(=O)([O-])[O-])[C@@H]3O)[C@H]2O)c(=O)[nH]1.[Na+].[Na+].[Na+].[Na+]. The molecule has 11 N–H and O–H groups in total. The summed E-state index contributed by atoms with van der Waals surface area (Å²) in [6.45, 7) is -3.30. The predicted octanol–water partition coefficient (Wildman–Crippen LogP) is -18.7. The Balaban J connectivity index is 0.00000241. The average molecular weight is 1110 g/mol. The number of fused-ring (bicyclic) bond motifs is 3. The van der Waals surface area contributed by atoms with Crippen molar-refractivity contribution in [2.45, 2.75) is 73.6 Å². The van der Waals surface area contributed by atoms with Crippen molar-refractivity contribution in [3.8, 4) is 0 Å². The first kappa shape index (κ1) is 61.7. The number of rotatable bonds is 16. The van der Waals surface area contributed by atoms with E-state index in [-0.39, 0.29) is 163 Å². The number of hydrogen-bond donors (Lipinski definition) is 8. The summed E-state index contributed by atoms with van der Waals surface area (Å²) in [5.41, 5.74) is 16.0. The van der Waals surface area contributed by atoms with Gasteiger partial charge in [-0.15, -0.1) is 0 Å². The van der Waals surface area contributed by atoms with Crippen LogP contribution in [0.3, 0.4) is 0 Å². The van der Waals surface area contributed by atoms with Gasteiger partial charge in [0, 0.05) is 0 Å². The molecule has 6 aromatic heterocycles. The Morgan fingerprint density at radius 3 is 1.56 bits per heavy atom. The fraction of sp³-hybridized carbons (Fsp3) is 0.500. The number of aromatic nitrogens is 12. The third-order valence-electron chi connectivity index (χ3n) is 10.7. The molecule has 9 heterocycles. The van der Waals surface area contributed by atoms with Crippen LogP contribution < -0.4 is 161 Å². The van der Waals surface area contributed by atoms with Gasteiger partial charge in [-0.05, 0) is 0 Å². The minimum absolute atomic E-state index is 0. The van der Waals surface area contributed by atoms with Crippen molar-refractivity contribution in [1.29, 1.82) is 0 Å². The van der Waals surface area contributed by atoms with E-state index in [1.807, 2.05) is 0 Å². The van der Waals surface area contributed by atoms with Gasteiger partial charge in [-0.1, -0.05) is 0 Å². The molecule has 0 bridgehead atoms. The summed E-state index contributed by atoms with van der Waals surface area (Å²) in [5.74, 6) is -0.557. The van der Waals surface area contributed by atoms with E-state index in [1.165, 1.54) is 4.57 Å². The molecule has 0 aliphatic carbocycles. The van der Waals surface area contributed by atoms with Gasteiger partial charge in [0.1, 0.15) is 78.6 Å². The molecular weight excluding hydrogens is 1080 g/mol. The summed E-state index contributed by atoms with van der Waals surface area (Å²) in [6.07, 6.45) is -17.2. The summed E-state index contributed by atoms with van der Waals surface area (Å²) < 4.78 is 83.9. The first-order valence-electron chi connectivity index (χ1n) is 19.3. The number of ether oxygens (including phenoxy) is 3. The minimum atomic E-state index is -5.88. The van der Waals surface area contributed by atoms with E-state index < -0.39 is 128 Å². The van der Waals surface area contributed by atoms with Crippen LogP contribution in [0.4, 0.5) is 17.6 Å². The Labute approximate surface area is 489 Å². The average Bonchev–Trinajstić information content (AvgIpc) is 4.13. The van der Waals surface area contributed by atoms with Crippen LogP contribution in [-0.2, 0) is 50.5 Å². The molecule has 0 amide bonds. The van der Waals surface area contributed by atoms with Crippen molar-refractivity contribution in [1.82, 2.24) is 58.6 Å². The number of nitrogens with two attached hydrogens (primary N) is 3. The van der Waals surface area contributed by atoms with Crippen molar-refractivity contribution in [2.75, 3.05) is 37.0 Å². The Morgan fingerprint density at radius 1 is 0.597 bits per heavy atom. The molecule has 0 aromatic carbocycles. The van der Waals surface area contributed by atoms with Crippen LogP contribution in [0, 0.1) is 0 Å². The summed E-state index contributed by atoms with van der Waals surface area (Å²) in [7, 11) is -17.4. The monoisotopic (exact) mass is 1110 g/mol. The normalized spacial score (nSPS) is 29.0. The molecule has 368 valence electrons. The molecule has 0 spiro atoms. The van der Waals surface area contributed by atoms with Crippen LogP contribution in [0.5, 0.6) is 0 Å². The number of aliphatic hydroxyl groups excluding tert-OH is 4. The number of H-pyrrole nitrogens is 1. The number of nitrogens with one attached hydrogen (secondary N) is 1. The van der Waals surface area contributed by atoms with Gasteiger partial charge in [-0.2, -0.15) is 4.98 Å². The van der Waals surface area contributed by atoms with Crippen molar-refractivity contribution < 1.29 is 209 Å². The molecule has 14 atom stereocenters. The molecule has 6 aromatic rings. The van der Waals surface area contributed by atoms with E-state index in [4.69, 9.17) is 49.5 Å². The van der Waals surface area contributed by atoms with Gasteiger partial charge in [0.2, 0.25) is 5.95 Å². The van der Waals surface area contributed by atoms with Gasteiger partial charge in [-0.3, -0.25) is 32.6 Å². The number of imidazole rings is 3. The third kappa shape index (κ3) is 12.6. The number of hydrogen-bond acceptors (Lipinski definition) is 31.